The van der Waals surface area contributed by atoms with Gasteiger partial charge < -0.3 is 10.4 Å². The highest BCUT2D eigenvalue weighted by molar-refractivity contribution is 5.95. The van der Waals surface area contributed by atoms with Crippen LogP contribution in [0.5, 0.6) is 0 Å². The lowest BCUT2D eigenvalue weighted by atomic mass is 10.1. The lowest BCUT2D eigenvalue weighted by Crippen LogP contribution is -2.51. The molecule has 1 fully saturated rings. The van der Waals surface area contributed by atoms with Crippen molar-refractivity contribution in [1.82, 2.24) is 15.5 Å². The minimum atomic E-state index is -1.01. The number of carbonyl (C=O) groups is 3. The van der Waals surface area contributed by atoms with Crippen molar-refractivity contribution in [2.45, 2.75) is 45.2 Å². The molecule has 3 N–H and O–H groups in total. The molecule has 7 heteroatoms. The molecule has 1 rings (SSSR count). The van der Waals surface area contributed by atoms with E-state index >= 15 is 0 Å². The molecule has 7 nitrogen and oxygen atoms in total. The molecule has 0 heterocycles. The predicted molar refractivity (Wildman–Crippen MR) is 68.7 cm³/mol. The van der Waals surface area contributed by atoms with Crippen LogP contribution < -0.4 is 10.6 Å². The van der Waals surface area contributed by atoms with Crippen LogP contribution in [0.3, 0.4) is 0 Å². The van der Waals surface area contributed by atoms with E-state index in [-0.39, 0.29) is 19.1 Å². The van der Waals surface area contributed by atoms with Gasteiger partial charge in [-0.05, 0) is 33.6 Å². The largest absolute Gasteiger partial charge is 0.480 e. The number of hydrogen-bond donors (Lipinski definition) is 3. The molecule has 0 unspecified atom stereocenters. The van der Waals surface area contributed by atoms with Gasteiger partial charge in [0, 0.05) is 11.6 Å². The zero-order valence-electron chi connectivity index (χ0n) is 11.5. The summed E-state index contributed by atoms with van der Waals surface area (Å²) in [6, 6.07) is -0.345. The molecule has 0 spiro atoms. The number of nitrogens with one attached hydrogen (secondary N) is 2. The topological polar surface area (TPSA) is 98.7 Å². The van der Waals surface area contributed by atoms with E-state index in [1.807, 2.05) is 20.8 Å². The second kappa shape index (κ2) is 6.01. The first kappa shape index (κ1) is 15.4. The Balaban J connectivity index is 2.45. The van der Waals surface area contributed by atoms with Crippen molar-refractivity contribution in [3.8, 4) is 0 Å². The summed E-state index contributed by atoms with van der Waals surface area (Å²) in [5, 5.41) is 13.7. The van der Waals surface area contributed by atoms with E-state index in [9.17, 15) is 14.4 Å². The first-order chi connectivity index (χ1) is 8.68. The quantitative estimate of drug-likeness (QED) is 0.661. The number of carboxylic acid groups (broad SMARTS) is 1. The first-order valence-corrected chi connectivity index (χ1v) is 6.25. The molecule has 0 radical (unpaired) electrons. The average molecular weight is 271 g/mol. The molecule has 0 bridgehead atoms. The molecule has 0 aromatic rings. The molecular formula is C12H21N3O4. The number of carbonyl (C=O) groups excluding carboxylic acids is 2. The lowest BCUT2D eigenvalue weighted by Gasteiger charge is -2.33. The Labute approximate surface area is 112 Å². The first-order valence-electron chi connectivity index (χ1n) is 6.25. The van der Waals surface area contributed by atoms with E-state index in [0.29, 0.717) is 0 Å². The van der Waals surface area contributed by atoms with Gasteiger partial charge in [-0.2, -0.15) is 0 Å². The fourth-order valence-corrected chi connectivity index (χ4v) is 1.48. The zero-order chi connectivity index (χ0) is 14.6. The molecule has 3 amide bonds. The van der Waals surface area contributed by atoms with Crippen molar-refractivity contribution >= 4 is 17.9 Å². The second-order valence-electron chi connectivity index (χ2n) is 5.72. The van der Waals surface area contributed by atoms with E-state index in [1.165, 1.54) is 4.90 Å². The maximum absolute atomic E-state index is 11.7. The Kier molecular flexibility index (Phi) is 4.88. The average Bonchev–Trinajstić information content (AvgIpc) is 2.97. The third kappa shape index (κ3) is 6.19. The Morgan fingerprint density at radius 1 is 1.21 bits per heavy atom. The van der Waals surface area contributed by atoms with Crippen LogP contribution in [0.4, 0.5) is 4.79 Å². The molecule has 1 aliphatic rings. The van der Waals surface area contributed by atoms with Gasteiger partial charge in [0.25, 0.3) is 0 Å². The molecule has 1 aliphatic carbocycles. The van der Waals surface area contributed by atoms with Gasteiger partial charge in [-0.15, -0.1) is 0 Å². The van der Waals surface area contributed by atoms with Crippen molar-refractivity contribution < 1.29 is 19.5 Å². The summed E-state index contributed by atoms with van der Waals surface area (Å²) in [6.07, 6.45) is 1.88. The number of amides is 3. The Morgan fingerprint density at radius 2 is 1.79 bits per heavy atom. The second-order valence-corrected chi connectivity index (χ2v) is 5.72. The minimum absolute atomic E-state index is 0.131. The van der Waals surface area contributed by atoms with Gasteiger partial charge >= 0.3 is 12.0 Å². The maximum atomic E-state index is 11.7. The highest BCUT2D eigenvalue weighted by Gasteiger charge is 2.27. The van der Waals surface area contributed by atoms with Gasteiger partial charge in [0.2, 0.25) is 5.91 Å². The molecule has 108 valence electrons. The molecule has 0 atom stereocenters. The van der Waals surface area contributed by atoms with E-state index in [0.717, 1.165) is 12.8 Å². The fourth-order valence-electron chi connectivity index (χ4n) is 1.48. The summed E-state index contributed by atoms with van der Waals surface area (Å²) >= 11 is 0. The number of rotatable bonds is 5. The van der Waals surface area contributed by atoms with Crippen molar-refractivity contribution in [2.24, 2.45) is 0 Å². The summed E-state index contributed by atoms with van der Waals surface area (Å²) in [5.74, 6) is -1.51. The van der Waals surface area contributed by atoms with Gasteiger partial charge in [-0.3, -0.25) is 19.8 Å². The number of hydrogen-bond acceptors (Lipinski definition) is 4. The summed E-state index contributed by atoms with van der Waals surface area (Å²) in [5.41, 5.74) is -0.470. The van der Waals surface area contributed by atoms with Crippen LogP contribution in [0.25, 0.3) is 0 Å². The number of urea groups is 1. The molecule has 1 saturated carbocycles. The highest BCUT2D eigenvalue weighted by Crippen LogP contribution is 2.18. The summed E-state index contributed by atoms with van der Waals surface area (Å²) < 4.78 is 0. The van der Waals surface area contributed by atoms with Gasteiger partial charge in [-0.1, -0.05) is 0 Å². The summed E-state index contributed by atoms with van der Waals surface area (Å²) in [7, 11) is 0. The highest BCUT2D eigenvalue weighted by atomic mass is 16.4. The smallest absolute Gasteiger partial charge is 0.321 e. The van der Waals surface area contributed by atoms with E-state index in [1.54, 1.807) is 0 Å². The van der Waals surface area contributed by atoms with Crippen LogP contribution >= 0.6 is 0 Å². The van der Waals surface area contributed by atoms with E-state index in [2.05, 4.69) is 10.6 Å². The third-order valence-electron chi connectivity index (χ3n) is 2.77. The molecule has 0 aromatic heterocycles. The van der Waals surface area contributed by atoms with Crippen LogP contribution in [-0.2, 0) is 9.59 Å². The monoisotopic (exact) mass is 271 g/mol. The third-order valence-corrected chi connectivity index (χ3v) is 2.77. The van der Waals surface area contributed by atoms with Gasteiger partial charge in [0.15, 0.2) is 0 Å². The Bertz CT molecular complexity index is 372. The predicted octanol–water partition coefficient (Wildman–Crippen LogP) is 0.160. The molecule has 0 aliphatic heterocycles. The number of aliphatic carboxylic acids is 1. The minimum Gasteiger partial charge on any atom is -0.480 e. The van der Waals surface area contributed by atoms with Crippen molar-refractivity contribution in [3.05, 3.63) is 0 Å². The van der Waals surface area contributed by atoms with Gasteiger partial charge in [-0.25, -0.2) is 4.79 Å². The van der Waals surface area contributed by atoms with Crippen LogP contribution in [0.15, 0.2) is 0 Å². The summed E-state index contributed by atoms with van der Waals surface area (Å²) in [4.78, 5) is 35.3. The number of imide groups is 1. The van der Waals surface area contributed by atoms with Crippen LogP contribution in [0.1, 0.15) is 33.6 Å². The number of nitrogens with zero attached hydrogens (tertiary/aromatic N) is 1. The zero-order valence-corrected chi connectivity index (χ0v) is 11.5. The normalized spacial score (nSPS) is 15.2. The standard InChI is InChI=1S/C12H21N3O4/c1-12(2,3)15(7-10(17)18)6-9(16)14-11(19)13-8-4-5-8/h8H,4-7H2,1-3H3,(H,17,18)(H2,13,14,16,19). The molecule has 19 heavy (non-hydrogen) atoms. The van der Waals surface area contributed by atoms with E-state index in [4.69, 9.17) is 5.11 Å². The van der Waals surface area contributed by atoms with Crippen LogP contribution in [0.2, 0.25) is 0 Å². The molecule has 0 saturated heterocycles. The molecule has 0 aromatic carbocycles. The Hall–Kier alpha value is -1.63. The van der Waals surface area contributed by atoms with Crippen molar-refractivity contribution in [1.29, 1.82) is 0 Å². The lowest BCUT2D eigenvalue weighted by molar-refractivity contribution is -0.140. The number of carboxylic acids is 1. The SMILES string of the molecule is CC(C)(C)N(CC(=O)O)CC(=O)NC(=O)NC1CC1. The van der Waals surface area contributed by atoms with Crippen molar-refractivity contribution in [3.63, 3.8) is 0 Å². The van der Waals surface area contributed by atoms with Crippen LogP contribution in [0, 0.1) is 0 Å². The maximum Gasteiger partial charge on any atom is 0.321 e. The van der Waals surface area contributed by atoms with Crippen LogP contribution in [-0.4, -0.2) is 52.6 Å². The van der Waals surface area contributed by atoms with Crippen molar-refractivity contribution in [2.75, 3.05) is 13.1 Å². The van der Waals surface area contributed by atoms with Gasteiger partial charge in [0.1, 0.15) is 0 Å². The van der Waals surface area contributed by atoms with Gasteiger partial charge in [0.05, 0.1) is 13.1 Å². The summed E-state index contributed by atoms with van der Waals surface area (Å²) in [6.45, 7) is 5.06. The Morgan fingerprint density at radius 3 is 2.21 bits per heavy atom. The fraction of sp³-hybridized carbons (Fsp3) is 0.750. The molecular weight excluding hydrogens is 250 g/mol. The van der Waals surface area contributed by atoms with E-state index < -0.39 is 23.4 Å².